The van der Waals surface area contributed by atoms with Crippen molar-refractivity contribution in [1.29, 1.82) is 0 Å². The van der Waals surface area contributed by atoms with E-state index in [9.17, 15) is 18.0 Å². The zero-order valence-electron chi connectivity index (χ0n) is 16.6. The van der Waals surface area contributed by atoms with Crippen molar-refractivity contribution in [3.63, 3.8) is 0 Å². The number of carbonyl (C=O) groups is 2. The maximum atomic E-state index is 12.9. The third-order valence-electron chi connectivity index (χ3n) is 5.16. The third kappa shape index (κ3) is 4.49. The number of primary amides is 1. The first-order valence-corrected chi connectivity index (χ1v) is 11.0. The summed E-state index contributed by atoms with van der Waals surface area (Å²) in [6, 6.07) is 9.42. The maximum Gasteiger partial charge on any atom is 0.255 e. The van der Waals surface area contributed by atoms with Gasteiger partial charge in [0.1, 0.15) is 0 Å². The molecule has 3 rings (SSSR count). The van der Waals surface area contributed by atoms with Gasteiger partial charge in [-0.3, -0.25) is 9.59 Å². The van der Waals surface area contributed by atoms with Crippen LogP contribution in [-0.4, -0.2) is 37.6 Å². The number of amides is 2. The van der Waals surface area contributed by atoms with Gasteiger partial charge in [-0.05, 0) is 68.1 Å². The van der Waals surface area contributed by atoms with Crippen LogP contribution >= 0.6 is 0 Å². The first-order chi connectivity index (χ1) is 13.7. The van der Waals surface area contributed by atoms with Gasteiger partial charge >= 0.3 is 0 Å². The quantitative estimate of drug-likeness (QED) is 0.782. The Labute approximate surface area is 171 Å². The molecule has 2 aromatic carbocycles. The minimum atomic E-state index is -3.63. The molecule has 0 unspecified atom stereocenters. The summed E-state index contributed by atoms with van der Waals surface area (Å²) in [7, 11) is -3.63. The highest BCUT2D eigenvalue weighted by molar-refractivity contribution is 7.89. The van der Waals surface area contributed by atoms with Crippen molar-refractivity contribution in [2.24, 2.45) is 5.73 Å². The second-order valence-corrected chi connectivity index (χ2v) is 9.23. The molecule has 29 heavy (non-hydrogen) atoms. The highest BCUT2D eigenvalue weighted by atomic mass is 32.2. The second-order valence-electron chi connectivity index (χ2n) is 7.29. The number of hydrogen-bond acceptors (Lipinski definition) is 4. The number of nitrogens with zero attached hydrogens (tertiary/aromatic N) is 1. The lowest BCUT2D eigenvalue weighted by Crippen LogP contribution is -2.35. The molecule has 0 aliphatic carbocycles. The molecule has 154 valence electrons. The predicted molar refractivity (Wildman–Crippen MR) is 111 cm³/mol. The first kappa shape index (κ1) is 21.0. The van der Waals surface area contributed by atoms with Gasteiger partial charge in [0.2, 0.25) is 15.9 Å². The van der Waals surface area contributed by atoms with E-state index in [-0.39, 0.29) is 4.90 Å². The van der Waals surface area contributed by atoms with Crippen LogP contribution in [0.3, 0.4) is 0 Å². The molecule has 7 nitrogen and oxygen atoms in total. The number of hydrogen-bond donors (Lipinski definition) is 2. The van der Waals surface area contributed by atoms with Crippen molar-refractivity contribution in [3.8, 4) is 0 Å². The molecule has 2 aromatic rings. The Kier molecular flexibility index (Phi) is 6.04. The highest BCUT2D eigenvalue weighted by Gasteiger charge is 2.27. The van der Waals surface area contributed by atoms with Crippen molar-refractivity contribution >= 4 is 27.5 Å². The van der Waals surface area contributed by atoms with Crippen LogP contribution in [0.15, 0.2) is 41.3 Å². The summed E-state index contributed by atoms with van der Waals surface area (Å²) in [6.45, 7) is 4.49. The number of nitrogens with two attached hydrogens (primary N) is 1. The summed E-state index contributed by atoms with van der Waals surface area (Å²) >= 11 is 0. The fraction of sp³-hybridized carbons (Fsp3) is 0.333. The molecule has 0 spiro atoms. The van der Waals surface area contributed by atoms with E-state index in [0.717, 1.165) is 19.3 Å². The van der Waals surface area contributed by atoms with Gasteiger partial charge in [0.05, 0.1) is 4.90 Å². The third-order valence-corrected chi connectivity index (χ3v) is 7.05. The van der Waals surface area contributed by atoms with E-state index in [0.29, 0.717) is 41.0 Å². The number of carbonyl (C=O) groups excluding carboxylic acids is 2. The fourth-order valence-electron chi connectivity index (χ4n) is 3.48. The molecule has 3 N–H and O–H groups in total. The molecule has 0 saturated carbocycles. The molecule has 1 heterocycles. The van der Waals surface area contributed by atoms with Gasteiger partial charge in [0.15, 0.2) is 0 Å². The summed E-state index contributed by atoms with van der Waals surface area (Å²) in [5, 5.41) is 2.76. The second kappa shape index (κ2) is 8.34. The first-order valence-electron chi connectivity index (χ1n) is 9.53. The smallest absolute Gasteiger partial charge is 0.255 e. The Bertz CT molecular complexity index is 1060. The highest BCUT2D eigenvalue weighted by Crippen LogP contribution is 2.24. The van der Waals surface area contributed by atoms with Gasteiger partial charge < -0.3 is 11.1 Å². The Morgan fingerprint density at radius 2 is 1.62 bits per heavy atom. The molecule has 2 amide bonds. The zero-order chi connectivity index (χ0) is 21.2. The lowest BCUT2D eigenvalue weighted by molar-refractivity contribution is 0.0997. The average molecular weight is 416 g/mol. The molecular weight excluding hydrogens is 390 g/mol. The van der Waals surface area contributed by atoms with Crippen LogP contribution in [0.2, 0.25) is 0 Å². The Morgan fingerprint density at radius 3 is 2.24 bits per heavy atom. The van der Waals surface area contributed by atoms with Crippen LogP contribution in [0, 0.1) is 13.8 Å². The van der Waals surface area contributed by atoms with Crippen LogP contribution in [0.5, 0.6) is 0 Å². The van der Waals surface area contributed by atoms with Crippen molar-refractivity contribution in [1.82, 2.24) is 4.31 Å². The minimum Gasteiger partial charge on any atom is -0.366 e. The van der Waals surface area contributed by atoms with Gasteiger partial charge in [0, 0.05) is 29.9 Å². The summed E-state index contributed by atoms with van der Waals surface area (Å²) < 4.78 is 27.3. The lowest BCUT2D eigenvalue weighted by atomic mass is 10.1. The Morgan fingerprint density at radius 1 is 0.931 bits per heavy atom. The van der Waals surface area contributed by atoms with E-state index in [1.54, 1.807) is 44.2 Å². The average Bonchev–Trinajstić information content (AvgIpc) is 2.68. The van der Waals surface area contributed by atoms with Crippen LogP contribution in [-0.2, 0) is 10.0 Å². The molecular formula is C21H25N3O4S. The maximum absolute atomic E-state index is 12.9. The van der Waals surface area contributed by atoms with Gasteiger partial charge in [0.25, 0.3) is 5.91 Å². The van der Waals surface area contributed by atoms with E-state index in [4.69, 9.17) is 5.73 Å². The monoisotopic (exact) mass is 415 g/mol. The Balaban J connectivity index is 1.87. The van der Waals surface area contributed by atoms with Gasteiger partial charge in [-0.15, -0.1) is 0 Å². The molecule has 1 saturated heterocycles. The normalized spacial score (nSPS) is 15.1. The molecule has 0 aromatic heterocycles. The number of nitrogens with one attached hydrogen (secondary N) is 1. The van der Waals surface area contributed by atoms with Crippen molar-refractivity contribution in [2.75, 3.05) is 18.4 Å². The van der Waals surface area contributed by atoms with Crippen molar-refractivity contribution in [2.45, 2.75) is 38.0 Å². The van der Waals surface area contributed by atoms with Crippen LogP contribution in [0.1, 0.15) is 51.1 Å². The molecule has 1 aliphatic heterocycles. The number of benzene rings is 2. The zero-order valence-corrected chi connectivity index (χ0v) is 17.4. The molecule has 1 aliphatic rings. The standard InChI is InChI=1S/C21H25N3O4S/c1-14-6-8-17(29(27,28)24-10-4-3-5-11-24)13-19(14)21(26)23-16-7-9-18(20(22)25)15(2)12-16/h6-9,12-13H,3-5,10-11H2,1-2H3,(H2,22,25)(H,23,26). The van der Waals surface area contributed by atoms with E-state index in [2.05, 4.69) is 5.32 Å². The SMILES string of the molecule is Cc1cc(NC(=O)c2cc(S(=O)(=O)N3CCCCC3)ccc2C)ccc1C(N)=O. The van der Waals surface area contributed by atoms with E-state index in [1.807, 2.05) is 0 Å². The van der Waals surface area contributed by atoms with E-state index in [1.165, 1.54) is 10.4 Å². The summed E-state index contributed by atoms with van der Waals surface area (Å²) in [6.07, 6.45) is 2.72. The summed E-state index contributed by atoms with van der Waals surface area (Å²) in [4.78, 5) is 24.3. The van der Waals surface area contributed by atoms with Crippen LogP contribution in [0.4, 0.5) is 5.69 Å². The number of piperidine rings is 1. The van der Waals surface area contributed by atoms with Gasteiger partial charge in [-0.2, -0.15) is 4.31 Å². The van der Waals surface area contributed by atoms with Crippen LogP contribution in [0.25, 0.3) is 0 Å². The number of rotatable bonds is 5. The number of sulfonamides is 1. The number of aryl methyl sites for hydroxylation is 2. The van der Waals surface area contributed by atoms with Crippen LogP contribution < -0.4 is 11.1 Å². The molecule has 8 heteroatoms. The van der Waals surface area contributed by atoms with E-state index >= 15 is 0 Å². The lowest BCUT2D eigenvalue weighted by Gasteiger charge is -2.26. The largest absolute Gasteiger partial charge is 0.366 e. The summed E-state index contributed by atoms with van der Waals surface area (Å²) in [5.74, 6) is -0.948. The summed E-state index contributed by atoms with van der Waals surface area (Å²) in [5.41, 5.74) is 7.80. The fourth-order valence-corrected chi connectivity index (χ4v) is 5.02. The van der Waals surface area contributed by atoms with Gasteiger partial charge in [-0.25, -0.2) is 8.42 Å². The molecule has 0 radical (unpaired) electrons. The van der Waals surface area contributed by atoms with E-state index < -0.39 is 21.8 Å². The molecule has 0 bridgehead atoms. The minimum absolute atomic E-state index is 0.121. The molecule has 1 fully saturated rings. The van der Waals surface area contributed by atoms with Crippen molar-refractivity contribution < 1.29 is 18.0 Å². The predicted octanol–water partition coefficient (Wildman–Crippen LogP) is 2.83. The topological polar surface area (TPSA) is 110 Å². The number of anilines is 1. The van der Waals surface area contributed by atoms with Gasteiger partial charge in [-0.1, -0.05) is 12.5 Å². The molecule has 0 atom stereocenters. The van der Waals surface area contributed by atoms with Crippen molar-refractivity contribution in [3.05, 3.63) is 58.7 Å². The Hall–Kier alpha value is -2.71.